The van der Waals surface area contributed by atoms with Crippen molar-refractivity contribution in [3.63, 3.8) is 0 Å². The fourth-order valence-electron chi connectivity index (χ4n) is 2.20. The molecule has 2 heterocycles. The van der Waals surface area contributed by atoms with Gasteiger partial charge in [0.15, 0.2) is 0 Å². The van der Waals surface area contributed by atoms with Gasteiger partial charge >= 0.3 is 0 Å². The molecule has 2 aromatic heterocycles. The molecule has 0 aliphatic carbocycles. The fourth-order valence-corrected chi connectivity index (χ4v) is 2.85. The average Bonchev–Trinajstić information content (AvgIpc) is 3.17. The van der Waals surface area contributed by atoms with Crippen molar-refractivity contribution in [1.29, 1.82) is 0 Å². The minimum absolute atomic E-state index is 0.197. The second-order valence-corrected chi connectivity index (χ2v) is 5.68. The lowest BCUT2D eigenvalue weighted by Gasteiger charge is -2.06. The molecule has 0 radical (unpaired) electrons. The predicted octanol–water partition coefficient (Wildman–Crippen LogP) is 3.92. The number of anilines is 1. The number of carbonyl (C=O) groups excluding carboxylic acids is 1. The molecule has 5 nitrogen and oxygen atoms in total. The van der Waals surface area contributed by atoms with Crippen LogP contribution < -0.4 is 5.32 Å². The third kappa shape index (κ3) is 2.78. The number of nitrogens with one attached hydrogen (secondary N) is 1. The first kappa shape index (κ1) is 14.5. The average molecular weight is 313 g/mol. The number of aryl methyl sites for hydroxylation is 2. The number of hydrogen-bond acceptors (Lipinski definition) is 5. The molecular weight excluding hydrogens is 298 g/mol. The number of nitrogens with zero attached hydrogens (tertiary/aromatic N) is 2. The lowest BCUT2D eigenvalue weighted by molar-refractivity contribution is 0.102. The molecular formula is C16H15N3O2S. The third-order valence-corrected chi connectivity index (χ3v) is 4.13. The van der Waals surface area contributed by atoms with Gasteiger partial charge in [-0.15, -0.1) is 11.3 Å². The molecule has 1 amide bonds. The zero-order valence-corrected chi connectivity index (χ0v) is 13.1. The molecule has 6 heteroatoms. The minimum Gasteiger partial charge on any atom is -0.360 e. The van der Waals surface area contributed by atoms with Gasteiger partial charge in [0.05, 0.1) is 5.69 Å². The Bertz CT molecular complexity index is 776. The molecule has 3 rings (SSSR count). The van der Waals surface area contributed by atoms with Gasteiger partial charge in [-0.3, -0.25) is 4.79 Å². The van der Waals surface area contributed by atoms with Crippen LogP contribution in [0.5, 0.6) is 0 Å². The van der Waals surface area contributed by atoms with Gasteiger partial charge in [0, 0.05) is 29.2 Å². The van der Waals surface area contributed by atoms with E-state index in [1.165, 1.54) is 0 Å². The van der Waals surface area contributed by atoms with Crippen LogP contribution in [0.15, 0.2) is 40.4 Å². The van der Waals surface area contributed by atoms with Gasteiger partial charge in [-0.2, -0.15) is 0 Å². The van der Waals surface area contributed by atoms with E-state index in [2.05, 4.69) is 15.5 Å². The van der Waals surface area contributed by atoms with E-state index < -0.39 is 0 Å². The van der Waals surface area contributed by atoms with E-state index in [9.17, 15) is 4.79 Å². The Morgan fingerprint density at radius 3 is 2.73 bits per heavy atom. The smallest absolute Gasteiger partial charge is 0.261 e. The van der Waals surface area contributed by atoms with Crippen molar-refractivity contribution >= 4 is 22.9 Å². The highest BCUT2D eigenvalue weighted by Crippen LogP contribution is 2.24. The molecule has 0 aliphatic heterocycles. The highest BCUT2D eigenvalue weighted by molar-refractivity contribution is 7.13. The van der Waals surface area contributed by atoms with Crippen LogP contribution in [0.3, 0.4) is 0 Å². The van der Waals surface area contributed by atoms with Gasteiger partial charge < -0.3 is 9.84 Å². The summed E-state index contributed by atoms with van der Waals surface area (Å²) >= 11 is 1.58. The molecule has 3 aromatic rings. The van der Waals surface area contributed by atoms with Crippen molar-refractivity contribution in [3.8, 4) is 10.6 Å². The van der Waals surface area contributed by atoms with Crippen LogP contribution in [0.1, 0.15) is 28.7 Å². The lowest BCUT2D eigenvalue weighted by atomic mass is 10.1. The molecule has 112 valence electrons. The summed E-state index contributed by atoms with van der Waals surface area (Å²) in [6, 6.07) is 7.61. The molecule has 0 saturated heterocycles. The van der Waals surface area contributed by atoms with Crippen LogP contribution in [0, 0.1) is 6.92 Å². The first-order chi connectivity index (χ1) is 10.7. The summed E-state index contributed by atoms with van der Waals surface area (Å²) in [6.45, 7) is 3.70. The molecule has 0 saturated carbocycles. The Kier molecular flexibility index (Phi) is 4.02. The van der Waals surface area contributed by atoms with Crippen molar-refractivity contribution in [2.75, 3.05) is 5.32 Å². The van der Waals surface area contributed by atoms with Gasteiger partial charge in [0.2, 0.25) is 0 Å². The van der Waals surface area contributed by atoms with Crippen LogP contribution in [0.2, 0.25) is 0 Å². The van der Waals surface area contributed by atoms with Crippen molar-refractivity contribution in [2.24, 2.45) is 0 Å². The monoisotopic (exact) mass is 313 g/mol. The molecule has 0 atom stereocenters. The Labute approximate surface area is 132 Å². The van der Waals surface area contributed by atoms with Crippen LogP contribution in [-0.2, 0) is 6.42 Å². The zero-order valence-electron chi connectivity index (χ0n) is 12.3. The maximum Gasteiger partial charge on any atom is 0.261 e. The minimum atomic E-state index is -0.197. The molecule has 0 fully saturated rings. The van der Waals surface area contributed by atoms with Gasteiger partial charge in [0.1, 0.15) is 16.3 Å². The van der Waals surface area contributed by atoms with E-state index in [0.717, 1.165) is 16.3 Å². The van der Waals surface area contributed by atoms with Crippen LogP contribution in [0.25, 0.3) is 10.6 Å². The summed E-state index contributed by atoms with van der Waals surface area (Å²) in [5.41, 5.74) is 2.89. The van der Waals surface area contributed by atoms with Gasteiger partial charge in [0.25, 0.3) is 5.91 Å². The van der Waals surface area contributed by atoms with Gasteiger partial charge in [-0.05, 0) is 31.2 Å². The fraction of sp³-hybridized carbons (Fsp3) is 0.188. The molecule has 22 heavy (non-hydrogen) atoms. The Balaban J connectivity index is 1.78. The van der Waals surface area contributed by atoms with Crippen molar-refractivity contribution < 1.29 is 9.32 Å². The van der Waals surface area contributed by atoms with Crippen molar-refractivity contribution in [3.05, 3.63) is 52.9 Å². The number of benzene rings is 1. The highest BCUT2D eigenvalue weighted by atomic mass is 32.1. The highest BCUT2D eigenvalue weighted by Gasteiger charge is 2.19. The van der Waals surface area contributed by atoms with Gasteiger partial charge in [-0.25, -0.2) is 4.98 Å². The maximum atomic E-state index is 12.4. The number of rotatable bonds is 4. The molecule has 0 spiro atoms. The Morgan fingerprint density at radius 1 is 1.32 bits per heavy atom. The maximum absolute atomic E-state index is 12.4. The summed E-state index contributed by atoms with van der Waals surface area (Å²) in [4.78, 5) is 16.6. The first-order valence-corrected chi connectivity index (χ1v) is 7.83. The SMILES string of the molecule is CCc1onc(C)c1C(=O)Nc1ccc(-c2nccs2)cc1. The van der Waals surface area contributed by atoms with E-state index in [1.807, 2.05) is 36.6 Å². The Morgan fingerprint density at radius 2 is 2.09 bits per heavy atom. The number of aromatic nitrogens is 2. The number of hydrogen-bond donors (Lipinski definition) is 1. The lowest BCUT2D eigenvalue weighted by Crippen LogP contribution is -2.14. The van der Waals surface area contributed by atoms with Crippen LogP contribution in [0.4, 0.5) is 5.69 Å². The predicted molar refractivity (Wildman–Crippen MR) is 86.1 cm³/mol. The largest absolute Gasteiger partial charge is 0.360 e. The normalized spacial score (nSPS) is 10.6. The third-order valence-electron chi connectivity index (χ3n) is 3.30. The summed E-state index contributed by atoms with van der Waals surface area (Å²) in [5.74, 6) is 0.409. The van der Waals surface area contributed by atoms with E-state index in [4.69, 9.17) is 4.52 Å². The molecule has 1 N–H and O–H groups in total. The van der Waals surface area contributed by atoms with Gasteiger partial charge in [-0.1, -0.05) is 12.1 Å². The van der Waals surface area contributed by atoms with Crippen molar-refractivity contribution in [2.45, 2.75) is 20.3 Å². The number of amides is 1. The van der Waals surface area contributed by atoms with Crippen LogP contribution >= 0.6 is 11.3 Å². The summed E-state index contributed by atoms with van der Waals surface area (Å²) in [5, 5.41) is 9.63. The molecule has 0 bridgehead atoms. The zero-order chi connectivity index (χ0) is 15.5. The number of carbonyl (C=O) groups is 1. The standard InChI is InChI=1S/C16H15N3O2S/c1-3-13-14(10(2)19-21-13)15(20)18-12-6-4-11(5-7-12)16-17-8-9-22-16/h4-9H,3H2,1-2H3,(H,18,20). The van der Waals surface area contributed by atoms with E-state index >= 15 is 0 Å². The second-order valence-electron chi connectivity index (χ2n) is 4.79. The summed E-state index contributed by atoms with van der Waals surface area (Å²) in [7, 11) is 0. The van der Waals surface area contributed by atoms with Crippen LogP contribution in [-0.4, -0.2) is 16.0 Å². The molecule has 1 aromatic carbocycles. The summed E-state index contributed by atoms with van der Waals surface area (Å²) in [6.07, 6.45) is 2.41. The van der Waals surface area contributed by atoms with E-state index in [0.29, 0.717) is 23.4 Å². The van der Waals surface area contributed by atoms with E-state index in [1.54, 1.807) is 24.5 Å². The molecule has 0 aliphatic rings. The topological polar surface area (TPSA) is 68.0 Å². The number of thiazole rings is 1. The summed E-state index contributed by atoms with van der Waals surface area (Å²) < 4.78 is 5.15. The first-order valence-electron chi connectivity index (χ1n) is 6.95. The quantitative estimate of drug-likeness (QED) is 0.792. The van der Waals surface area contributed by atoms with E-state index in [-0.39, 0.29) is 5.91 Å². The second kappa shape index (κ2) is 6.11. The molecule has 0 unspecified atom stereocenters. The Hall–Kier alpha value is -2.47. The van der Waals surface area contributed by atoms with Crippen molar-refractivity contribution in [1.82, 2.24) is 10.1 Å².